The van der Waals surface area contributed by atoms with Crippen LogP contribution in [0.25, 0.3) is 0 Å². The molecule has 0 aromatic rings. The van der Waals surface area contributed by atoms with Gasteiger partial charge in [0.15, 0.2) is 0 Å². The Kier molecular flexibility index (Phi) is 4.93. The van der Waals surface area contributed by atoms with E-state index in [9.17, 15) is 0 Å². The van der Waals surface area contributed by atoms with Crippen molar-refractivity contribution in [3.05, 3.63) is 11.6 Å². The second-order valence-corrected chi connectivity index (χ2v) is 3.96. The summed E-state index contributed by atoms with van der Waals surface area (Å²) in [6, 6.07) is 2.31. The molecule has 0 saturated heterocycles. The van der Waals surface area contributed by atoms with Gasteiger partial charge in [0.05, 0.1) is 6.07 Å². The maximum Gasteiger partial charge on any atom is 0.0946 e. The lowest BCUT2D eigenvalue weighted by Gasteiger charge is -2.19. The summed E-state index contributed by atoms with van der Waals surface area (Å²) in [5.74, 6) is 1.28. The summed E-state index contributed by atoms with van der Waals surface area (Å²) in [5.41, 5.74) is 1.01. The minimum atomic E-state index is 0.530. The van der Waals surface area contributed by atoms with Crippen LogP contribution < -0.4 is 0 Å². The van der Waals surface area contributed by atoms with Gasteiger partial charge in [0.25, 0.3) is 0 Å². The van der Waals surface area contributed by atoms with Gasteiger partial charge >= 0.3 is 0 Å². The molecule has 0 radical (unpaired) electrons. The number of nitriles is 1. The molecular formula is C11H16ClN. The van der Waals surface area contributed by atoms with Gasteiger partial charge in [-0.15, -0.1) is 11.6 Å². The Morgan fingerprint density at radius 2 is 2.38 bits per heavy atom. The molecule has 0 bridgehead atoms. The first-order valence-electron chi connectivity index (χ1n) is 5.04. The molecule has 1 atom stereocenters. The van der Waals surface area contributed by atoms with Crippen molar-refractivity contribution in [2.45, 2.75) is 38.5 Å². The molecule has 0 aliphatic heterocycles. The molecule has 0 spiro atoms. The predicted octanol–water partition coefficient (Wildman–Crippen LogP) is 3.65. The van der Waals surface area contributed by atoms with Gasteiger partial charge < -0.3 is 0 Å². The number of rotatable bonds is 4. The van der Waals surface area contributed by atoms with Crippen molar-refractivity contribution >= 4 is 11.6 Å². The third-order valence-corrected chi connectivity index (χ3v) is 2.89. The highest BCUT2D eigenvalue weighted by molar-refractivity contribution is 6.17. The Bertz CT molecular complexity index is 215. The molecule has 0 saturated carbocycles. The molecule has 0 amide bonds. The van der Waals surface area contributed by atoms with Crippen molar-refractivity contribution in [3.8, 4) is 6.07 Å². The molecule has 72 valence electrons. The maximum absolute atomic E-state index is 8.87. The summed E-state index contributed by atoms with van der Waals surface area (Å²) < 4.78 is 0. The Labute approximate surface area is 85.4 Å². The normalized spacial score (nSPS) is 22.2. The zero-order chi connectivity index (χ0) is 9.52. The van der Waals surface area contributed by atoms with Gasteiger partial charge in [0.2, 0.25) is 0 Å². The largest absolute Gasteiger partial charge is 0.193 e. The van der Waals surface area contributed by atoms with Crippen molar-refractivity contribution in [2.75, 3.05) is 5.88 Å². The molecule has 2 heteroatoms. The van der Waals surface area contributed by atoms with Crippen molar-refractivity contribution in [1.82, 2.24) is 0 Å². The van der Waals surface area contributed by atoms with Crippen LogP contribution in [0.1, 0.15) is 38.5 Å². The van der Waals surface area contributed by atoms with Gasteiger partial charge in [0.1, 0.15) is 0 Å². The average molecular weight is 198 g/mol. The lowest BCUT2D eigenvalue weighted by Crippen LogP contribution is -2.07. The summed E-state index contributed by atoms with van der Waals surface area (Å²) in [6.45, 7) is 0. The molecule has 0 fully saturated rings. The van der Waals surface area contributed by atoms with Gasteiger partial charge in [-0.05, 0) is 38.0 Å². The Balaban J connectivity index is 2.35. The van der Waals surface area contributed by atoms with E-state index in [2.05, 4.69) is 12.1 Å². The first-order chi connectivity index (χ1) is 6.38. The zero-order valence-corrected chi connectivity index (χ0v) is 8.69. The fourth-order valence-corrected chi connectivity index (χ4v) is 2.05. The topological polar surface area (TPSA) is 23.8 Å². The van der Waals surface area contributed by atoms with Gasteiger partial charge in [-0.1, -0.05) is 12.5 Å². The van der Waals surface area contributed by atoms with Crippen LogP contribution in [0.2, 0.25) is 0 Å². The Morgan fingerprint density at radius 1 is 1.54 bits per heavy atom. The molecule has 0 aromatic carbocycles. The van der Waals surface area contributed by atoms with Crippen LogP contribution >= 0.6 is 11.6 Å². The first kappa shape index (κ1) is 10.6. The molecule has 1 rings (SSSR count). The van der Waals surface area contributed by atoms with Crippen molar-refractivity contribution in [1.29, 1.82) is 5.26 Å². The second-order valence-electron chi connectivity index (χ2n) is 3.58. The van der Waals surface area contributed by atoms with E-state index < -0.39 is 0 Å². The van der Waals surface area contributed by atoms with Gasteiger partial charge in [0, 0.05) is 11.5 Å². The van der Waals surface area contributed by atoms with Crippen LogP contribution in [-0.2, 0) is 0 Å². The highest BCUT2D eigenvalue weighted by atomic mass is 35.5. The van der Waals surface area contributed by atoms with E-state index >= 15 is 0 Å². The molecule has 1 unspecified atom stereocenters. The number of halogens is 1. The van der Waals surface area contributed by atoms with Crippen LogP contribution in [0.5, 0.6) is 0 Å². The van der Waals surface area contributed by atoms with Crippen LogP contribution in [0.3, 0.4) is 0 Å². The van der Waals surface area contributed by atoms with Crippen LogP contribution in [-0.4, -0.2) is 5.88 Å². The van der Waals surface area contributed by atoms with Gasteiger partial charge in [-0.2, -0.15) is 5.26 Å². The SMILES string of the molecule is N#CC1=CCCCC1CCCCCl. The van der Waals surface area contributed by atoms with E-state index in [0.717, 1.165) is 37.1 Å². The summed E-state index contributed by atoms with van der Waals surface area (Å²) in [7, 11) is 0. The van der Waals surface area contributed by atoms with E-state index in [1.165, 1.54) is 12.8 Å². The number of allylic oxidation sites excluding steroid dienone is 2. The average Bonchev–Trinajstić information content (AvgIpc) is 2.19. The lowest BCUT2D eigenvalue weighted by molar-refractivity contribution is 0.471. The smallest absolute Gasteiger partial charge is 0.0946 e. The third kappa shape index (κ3) is 3.40. The third-order valence-electron chi connectivity index (χ3n) is 2.63. The molecule has 0 heterocycles. The minimum absolute atomic E-state index is 0.530. The number of alkyl halides is 1. The lowest BCUT2D eigenvalue weighted by atomic mass is 9.85. The molecule has 0 aromatic heterocycles. The van der Waals surface area contributed by atoms with Crippen molar-refractivity contribution in [2.24, 2.45) is 5.92 Å². The number of hydrogen-bond donors (Lipinski definition) is 0. The number of hydrogen-bond acceptors (Lipinski definition) is 1. The predicted molar refractivity (Wildman–Crippen MR) is 55.6 cm³/mol. The zero-order valence-electron chi connectivity index (χ0n) is 7.93. The number of nitrogens with zero attached hydrogens (tertiary/aromatic N) is 1. The molecule has 1 aliphatic rings. The van der Waals surface area contributed by atoms with E-state index in [4.69, 9.17) is 16.9 Å². The van der Waals surface area contributed by atoms with Crippen LogP contribution in [0.15, 0.2) is 11.6 Å². The Hall–Kier alpha value is -0.480. The second kappa shape index (κ2) is 6.05. The maximum atomic E-state index is 8.87. The van der Waals surface area contributed by atoms with Crippen LogP contribution in [0.4, 0.5) is 0 Å². The van der Waals surface area contributed by atoms with E-state index in [0.29, 0.717) is 5.92 Å². The minimum Gasteiger partial charge on any atom is -0.193 e. The highest BCUT2D eigenvalue weighted by Crippen LogP contribution is 2.28. The summed E-state index contributed by atoms with van der Waals surface area (Å²) in [4.78, 5) is 0. The van der Waals surface area contributed by atoms with E-state index in [1.54, 1.807) is 0 Å². The first-order valence-corrected chi connectivity index (χ1v) is 5.58. The van der Waals surface area contributed by atoms with Crippen molar-refractivity contribution in [3.63, 3.8) is 0 Å². The molecular weight excluding hydrogens is 182 g/mol. The van der Waals surface area contributed by atoms with Gasteiger partial charge in [-0.3, -0.25) is 0 Å². The van der Waals surface area contributed by atoms with Crippen molar-refractivity contribution < 1.29 is 0 Å². The quantitative estimate of drug-likeness (QED) is 0.499. The monoisotopic (exact) mass is 197 g/mol. The molecule has 1 aliphatic carbocycles. The summed E-state index contributed by atoms with van der Waals surface area (Å²) >= 11 is 5.61. The molecule has 13 heavy (non-hydrogen) atoms. The fraction of sp³-hybridized carbons (Fsp3) is 0.727. The van der Waals surface area contributed by atoms with Gasteiger partial charge in [-0.25, -0.2) is 0 Å². The Morgan fingerprint density at radius 3 is 3.08 bits per heavy atom. The van der Waals surface area contributed by atoms with E-state index in [-0.39, 0.29) is 0 Å². The summed E-state index contributed by atoms with van der Waals surface area (Å²) in [6.07, 6.45) is 9.03. The number of unbranched alkanes of at least 4 members (excludes halogenated alkanes) is 1. The highest BCUT2D eigenvalue weighted by Gasteiger charge is 2.16. The van der Waals surface area contributed by atoms with E-state index in [1.807, 2.05) is 0 Å². The van der Waals surface area contributed by atoms with Crippen LogP contribution in [0, 0.1) is 17.2 Å². The standard InChI is InChI=1S/C11H16ClN/c12-8-4-3-6-10-5-1-2-7-11(10)9-13/h7,10H,1-6,8H2. The summed E-state index contributed by atoms with van der Waals surface area (Å²) in [5, 5.41) is 8.87. The molecule has 1 nitrogen and oxygen atoms in total. The fourth-order valence-electron chi connectivity index (χ4n) is 1.87. The molecule has 0 N–H and O–H groups in total.